The Bertz CT molecular complexity index is 480. The van der Waals surface area contributed by atoms with Crippen LogP contribution in [-0.2, 0) is 0 Å². The number of halogens is 4. The summed E-state index contributed by atoms with van der Waals surface area (Å²) in [7, 11) is 0. The van der Waals surface area contributed by atoms with E-state index in [0.717, 1.165) is 0 Å². The van der Waals surface area contributed by atoms with Crippen molar-refractivity contribution in [3.8, 4) is 0 Å². The molecule has 1 aromatic rings. The van der Waals surface area contributed by atoms with E-state index >= 15 is 0 Å². The molecule has 0 spiro atoms. The molecule has 3 nitrogen and oxygen atoms in total. The van der Waals surface area contributed by atoms with Crippen LogP contribution in [0.3, 0.4) is 0 Å². The van der Waals surface area contributed by atoms with Gasteiger partial charge in [0.15, 0.2) is 0 Å². The van der Waals surface area contributed by atoms with E-state index in [1.54, 1.807) is 0 Å². The quantitative estimate of drug-likeness (QED) is 0.620. The number of nitrogens with zero attached hydrogens (tertiary/aromatic N) is 1. The zero-order valence-electron chi connectivity index (χ0n) is 8.87. The van der Waals surface area contributed by atoms with Gasteiger partial charge in [0.05, 0.1) is 11.1 Å². The fraction of sp³-hybridized carbons (Fsp3) is 0.273. The van der Waals surface area contributed by atoms with Gasteiger partial charge >= 0.3 is 6.18 Å². The number of fused-ring (bicyclic) bond motifs is 1. The van der Waals surface area contributed by atoms with Crippen LogP contribution in [0.4, 0.5) is 13.2 Å². The molecule has 1 aliphatic rings. The van der Waals surface area contributed by atoms with Gasteiger partial charge in [-0.25, -0.2) is 0 Å². The van der Waals surface area contributed by atoms with Crippen LogP contribution < -0.4 is 0 Å². The number of carbonyl (C=O) groups is 2. The molecule has 18 heavy (non-hydrogen) atoms. The van der Waals surface area contributed by atoms with Crippen molar-refractivity contribution < 1.29 is 22.8 Å². The second kappa shape index (κ2) is 4.38. The van der Waals surface area contributed by atoms with Crippen molar-refractivity contribution in [2.45, 2.75) is 12.2 Å². The van der Waals surface area contributed by atoms with E-state index in [4.69, 9.17) is 0 Å². The van der Waals surface area contributed by atoms with Gasteiger partial charge in [-0.1, -0.05) is 28.1 Å². The second-order valence-corrected chi connectivity index (χ2v) is 4.39. The highest BCUT2D eigenvalue weighted by atomic mass is 79.9. The van der Waals surface area contributed by atoms with E-state index < -0.39 is 29.4 Å². The zero-order chi connectivity index (χ0) is 13.5. The van der Waals surface area contributed by atoms with E-state index in [9.17, 15) is 22.8 Å². The highest BCUT2D eigenvalue weighted by molar-refractivity contribution is 9.09. The van der Waals surface area contributed by atoms with Gasteiger partial charge in [-0.05, 0) is 12.1 Å². The molecule has 0 N–H and O–H groups in total. The molecule has 2 rings (SSSR count). The van der Waals surface area contributed by atoms with Crippen molar-refractivity contribution in [2.24, 2.45) is 0 Å². The summed E-state index contributed by atoms with van der Waals surface area (Å²) in [5, 5.41) is -0.540. The first kappa shape index (κ1) is 13.1. The van der Waals surface area contributed by atoms with E-state index in [1.165, 1.54) is 24.3 Å². The fourth-order valence-corrected chi connectivity index (χ4v) is 2.45. The Balaban J connectivity index is 2.45. The van der Waals surface area contributed by atoms with Gasteiger partial charge < -0.3 is 0 Å². The number of carbonyl (C=O) groups excluding carboxylic acids is 2. The van der Waals surface area contributed by atoms with Gasteiger partial charge in [-0.2, -0.15) is 13.2 Å². The highest BCUT2D eigenvalue weighted by Gasteiger charge is 2.50. The van der Waals surface area contributed by atoms with Crippen molar-refractivity contribution in [3.05, 3.63) is 35.4 Å². The molecule has 0 saturated carbocycles. The van der Waals surface area contributed by atoms with E-state index in [-0.39, 0.29) is 16.0 Å². The van der Waals surface area contributed by atoms with Crippen molar-refractivity contribution >= 4 is 27.7 Å². The van der Waals surface area contributed by atoms with E-state index in [1.807, 2.05) is 0 Å². The number of amides is 2. The average molecular weight is 322 g/mol. The SMILES string of the molecule is O=C1c2ccccc2C(=O)N1[C@H](CBr)C(F)(F)F. The summed E-state index contributed by atoms with van der Waals surface area (Å²) in [6.45, 7) is 0. The predicted octanol–water partition coefficient (Wildman–Crippen LogP) is 2.61. The monoisotopic (exact) mass is 321 g/mol. The minimum absolute atomic E-state index is 0.0118. The summed E-state index contributed by atoms with van der Waals surface area (Å²) in [4.78, 5) is 23.9. The van der Waals surface area contributed by atoms with Crippen LogP contribution in [0.25, 0.3) is 0 Å². The third-order valence-electron chi connectivity index (χ3n) is 2.66. The van der Waals surface area contributed by atoms with Crippen LogP contribution in [0.2, 0.25) is 0 Å². The summed E-state index contributed by atoms with van der Waals surface area (Å²) in [6, 6.07) is 3.55. The smallest absolute Gasteiger partial charge is 0.269 e. The lowest BCUT2D eigenvalue weighted by molar-refractivity contribution is -0.164. The van der Waals surface area contributed by atoms with Crippen molar-refractivity contribution in [3.63, 3.8) is 0 Å². The molecule has 96 valence electrons. The molecule has 0 fully saturated rings. The molecule has 0 aliphatic carbocycles. The van der Waals surface area contributed by atoms with Gasteiger partial charge in [-0.3, -0.25) is 14.5 Å². The van der Waals surface area contributed by atoms with E-state index in [0.29, 0.717) is 0 Å². The third-order valence-corrected chi connectivity index (χ3v) is 3.27. The second-order valence-electron chi connectivity index (χ2n) is 3.74. The molecule has 0 saturated heterocycles. The van der Waals surface area contributed by atoms with Crippen molar-refractivity contribution in [1.29, 1.82) is 0 Å². The maximum atomic E-state index is 12.8. The number of imide groups is 1. The molecule has 1 heterocycles. The Kier molecular flexibility index (Phi) is 3.18. The molecule has 1 aromatic carbocycles. The first-order valence-corrected chi connectivity index (χ1v) is 6.09. The fourth-order valence-electron chi connectivity index (χ4n) is 1.79. The molecular weight excluding hydrogens is 315 g/mol. The molecule has 7 heteroatoms. The molecule has 0 radical (unpaired) electrons. The van der Waals surface area contributed by atoms with Crippen LogP contribution in [0.1, 0.15) is 20.7 Å². The number of rotatable bonds is 2. The normalized spacial score (nSPS) is 17.0. The van der Waals surface area contributed by atoms with Gasteiger partial charge in [0.25, 0.3) is 11.8 Å². The standard InChI is InChI=1S/C11H7BrF3NO2/c12-5-8(11(13,14)15)16-9(17)6-3-1-2-4-7(6)10(16)18/h1-4,8H,5H2/t8-/m1/s1. The summed E-state index contributed by atoms with van der Waals surface area (Å²) >= 11 is 2.70. The summed E-state index contributed by atoms with van der Waals surface area (Å²) in [6.07, 6.45) is -4.66. The number of benzene rings is 1. The third kappa shape index (κ3) is 1.92. The Hall–Kier alpha value is -1.37. The van der Waals surface area contributed by atoms with Crippen molar-refractivity contribution in [1.82, 2.24) is 4.90 Å². The Morgan fingerprint density at radius 2 is 1.56 bits per heavy atom. The first-order valence-electron chi connectivity index (χ1n) is 4.97. The Morgan fingerprint density at radius 1 is 1.11 bits per heavy atom. The minimum Gasteiger partial charge on any atom is -0.269 e. The maximum Gasteiger partial charge on any atom is 0.410 e. The van der Waals surface area contributed by atoms with Crippen LogP contribution in [0, 0.1) is 0 Å². The van der Waals surface area contributed by atoms with Crippen LogP contribution in [-0.4, -0.2) is 34.3 Å². The maximum absolute atomic E-state index is 12.8. The summed E-state index contributed by atoms with van der Waals surface area (Å²) in [5.41, 5.74) is 0.0235. The van der Waals surface area contributed by atoms with Gasteiger partial charge in [0.2, 0.25) is 0 Å². The Labute approximate surface area is 109 Å². The number of hydrogen-bond donors (Lipinski definition) is 0. The molecule has 1 atom stereocenters. The highest BCUT2D eigenvalue weighted by Crippen LogP contribution is 2.32. The lowest BCUT2D eigenvalue weighted by atomic mass is 10.1. The number of alkyl halides is 4. The summed E-state index contributed by atoms with van der Waals surface area (Å²) in [5.74, 6) is -1.81. The molecule has 0 aromatic heterocycles. The Morgan fingerprint density at radius 3 is 1.89 bits per heavy atom. The predicted molar refractivity (Wildman–Crippen MR) is 60.6 cm³/mol. The van der Waals surface area contributed by atoms with Crippen LogP contribution in [0.5, 0.6) is 0 Å². The minimum atomic E-state index is -4.66. The van der Waals surface area contributed by atoms with Gasteiger partial charge in [0, 0.05) is 5.33 Å². The largest absolute Gasteiger partial charge is 0.410 e. The zero-order valence-corrected chi connectivity index (χ0v) is 10.5. The first-order chi connectivity index (χ1) is 8.38. The topological polar surface area (TPSA) is 37.4 Å². The lowest BCUT2D eigenvalue weighted by Gasteiger charge is -2.26. The van der Waals surface area contributed by atoms with Gasteiger partial charge in [0.1, 0.15) is 6.04 Å². The molecule has 1 aliphatic heterocycles. The average Bonchev–Trinajstić information content (AvgIpc) is 2.54. The van der Waals surface area contributed by atoms with Gasteiger partial charge in [-0.15, -0.1) is 0 Å². The van der Waals surface area contributed by atoms with Crippen molar-refractivity contribution in [2.75, 3.05) is 5.33 Å². The summed E-state index contributed by atoms with van der Waals surface area (Å²) < 4.78 is 38.3. The molecular formula is C11H7BrF3NO2. The lowest BCUT2D eigenvalue weighted by Crippen LogP contribution is -2.49. The van der Waals surface area contributed by atoms with Crippen LogP contribution in [0.15, 0.2) is 24.3 Å². The number of hydrogen-bond acceptors (Lipinski definition) is 2. The molecule has 0 unspecified atom stereocenters. The van der Waals surface area contributed by atoms with E-state index in [2.05, 4.69) is 15.9 Å². The molecule has 0 bridgehead atoms. The molecule has 2 amide bonds. The van der Waals surface area contributed by atoms with Crippen LogP contribution >= 0.6 is 15.9 Å².